The highest BCUT2D eigenvalue weighted by Crippen LogP contribution is 2.35. The summed E-state index contributed by atoms with van der Waals surface area (Å²) in [7, 11) is 1.73. The van der Waals surface area contributed by atoms with E-state index < -0.39 is 0 Å². The summed E-state index contributed by atoms with van der Waals surface area (Å²) in [5.74, 6) is 1.97. The molecule has 0 N–H and O–H groups in total. The number of hydrogen-bond donors (Lipinski definition) is 0. The monoisotopic (exact) mass is 401 g/mol. The maximum absolute atomic E-state index is 5.47. The molecular weight excluding hydrogens is 374 g/mol. The lowest BCUT2D eigenvalue weighted by molar-refractivity contribution is 0.415. The third kappa shape index (κ3) is 5.40. The van der Waals surface area contributed by atoms with Gasteiger partial charge in [-0.3, -0.25) is 4.98 Å². The number of aromatic nitrogens is 1. The Bertz CT molecular complexity index is 867. The van der Waals surface area contributed by atoms with Gasteiger partial charge in [0.05, 0.1) is 12.6 Å². The average Bonchev–Trinajstić information content (AvgIpc) is 2.67. The minimum Gasteiger partial charge on any atom is -0.497 e. The van der Waals surface area contributed by atoms with Gasteiger partial charge in [-0.2, -0.15) is 0 Å². The number of ether oxygens (including phenoxy) is 1. The average molecular weight is 402 g/mol. The third-order valence-electron chi connectivity index (χ3n) is 4.71. The highest BCUT2D eigenvalue weighted by Gasteiger charge is 2.14. The molecule has 3 rings (SSSR count). The van der Waals surface area contributed by atoms with Crippen LogP contribution in [-0.4, -0.2) is 17.8 Å². The first-order chi connectivity index (χ1) is 12.7. The predicted molar refractivity (Wildman–Crippen MR) is 120 cm³/mol. The summed E-state index contributed by atoms with van der Waals surface area (Å²) >= 11 is 1.96. The molecule has 2 nitrogen and oxygen atoms in total. The lowest BCUT2D eigenvalue weighted by Crippen LogP contribution is -2.00. The maximum Gasteiger partial charge on any atom is 0.119 e. The van der Waals surface area contributed by atoms with E-state index in [1.165, 1.54) is 39.9 Å². The van der Waals surface area contributed by atoms with Gasteiger partial charge in [-0.05, 0) is 55.5 Å². The van der Waals surface area contributed by atoms with Gasteiger partial charge < -0.3 is 4.74 Å². The molecule has 0 unspecified atom stereocenters. The Morgan fingerprint density at radius 1 is 1.04 bits per heavy atom. The fourth-order valence-electron chi connectivity index (χ4n) is 3.22. The van der Waals surface area contributed by atoms with Crippen LogP contribution in [0, 0.1) is 6.92 Å². The molecule has 0 aliphatic carbocycles. The molecule has 2 aromatic carbocycles. The normalized spacial score (nSPS) is 10.6. The molecule has 27 heavy (non-hydrogen) atoms. The van der Waals surface area contributed by atoms with E-state index in [-0.39, 0.29) is 12.4 Å². The smallest absolute Gasteiger partial charge is 0.119 e. The number of methoxy groups -OCH3 is 1. The Balaban J connectivity index is 0.00000261. The van der Waals surface area contributed by atoms with Crippen LogP contribution < -0.4 is 4.74 Å². The van der Waals surface area contributed by atoms with Gasteiger partial charge in [0.15, 0.2) is 0 Å². The van der Waals surface area contributed by atoms with E-state index in [1.54, 1.807) is 7.11 Å². The van der Waals surface area contributed by atoms with Gasteiger partial charge in [0, 0.05) is 21.7 Å². The van der Waals surface area contributed by atoms with E-state index in [9.17, 15) is 0 Å². The molecule has 0 saturated heterocycles. The van der Waals surface area contributed by atoms with Crippen molar-refractivity contribution in [3.05, 3.63) is 65.4 Å². The number of hydrogen-bond acceptors (Lipinski definition) is 3. The Kier molecular flexibility index (Phi) is 8.46. The summed E-state index contributed by atoms with van der Waals surface area (Å²) in [5, 5.41) is 1.22. The zero-order chi connectivity index (χ0) is 18.4. The van der Waals surface area contributed by atoms with Crippen molar-refractivity contribution in [2.45, 2.75) is 44.4 Å². The van der Waals surface area contributed by atoms with Crippen LogP contribution >= 0.6 is 24.2 Å². The molecule has 0 fully saturated rings. The number of thioether (sulfide) groups is 1. The van der Waals surface area contributed by atoms with Crippen molar-refractivity contribution < 1.29 is 4.74 Å². The first kappa shape index (κ1) is 21.6. The molecule has 1 heterocycles. The molecule has 0 aliphatic rings. The lowest BCUT2D eigenvalue weighted by Gasteiger charge is -2.16. The van der Waals surface area contributed by atoms with Crippen LogP contribution in [0.3, 0.4) is 0 Å². The summed E-state index contributed by atoms with van der Waals surface area (Å²) in [6, 6.07) is 16.9. The number of unbranched alkanes of at least 4 members (excludes halogenated alkanes) is 1. The maximum atomic E-state index is 5.47. The Morgan fingerprint density at radius 2 is 1.81 bits per heavy atom. The highest BCUT2D eigenvalue weighted by molar-refractivity contribution is 7.99. The van der Waals surface area contributed by atoms with Crippen LogP contribution in [0.5, 0.6) is 5.75 Å². The standard InChI is InChI=1S/C23H27NOS.ClH/c1-4-5-11-20-17(2)24-22-13-12-19(25-3)16-21(22)23(20)26-15-14-18-9-7-6-8-10-18;/h6-10,12-13,16H,4-5,11,14-15H2,1-3H3;1H. The van der Waals surface area contributed by atoms with Crippen LogP contribution in [0.4, 0.5) is 0 Å². The van der Waals surface area contributed by atoms with Crippen LogP contribution in [0.15, 0.2) is 53.4 Å². The largest absolute Gasteiger partial charge is 0.497 e. The zero-order valence-electron chi connectivity index (χ0n) is 16.3. The lowest BCUT2D eigenvalue weighted by atomic mass is 10.0. The van der Waals surface area contributed by atoms with E-state index in [0.29, 0.717) is 0 Å². The number of benzene rings is 2. The topological polar surface area (TPSA) is 22.1 Å². The fraction of sp³-hybridized carbons (Fsp3) is 0.348. The summed E-state index contributed by atoms with van der Waals surface area (Å²) in [4.78, 5) is 6.25. The minimum atomic E-state index is 0. The van der Waals surface area contributed by atoms with Crippen LogP contribution in [0.2, 0.25) is 0 Å². The molecule has 0 atom stereocenters. The summed E-state index contributed by atoms with van der Waals surface area (Å²) in [5.41, 5.74) is 5.03. The highest BCUT2D eigenvalue weighted by atomic mass is 35.5. The van der Waals surface area contributed by atoms with E-state index in [0.717, 1.165) is 29.9 Å². The number of nitrogens with zero attached hydrogens (tertiary/aromatic N) is 1. The molecule has 0 spiro atoms. The van der Waals surface area contributed by atoms with Gasteiger partial charge in [-0.25, -0.2) is 0 Å². The van der Waals surface area contributed by atoms with E-state index >= 15 is 0 Å². The van der Waals surface area contributed by atoms with E-state index in [1.807, 2.05) is 17.8 Å². The molecule has 3 aromatic rings. The second kappa shape index (κ2) is 10.6. The zero-order valence-corrected chi connectivity index (χ0v) is 18.0. The molecule has 0 saturated carbocycles. The second-order valence-corrected chi connectivity index (χ2v) is 7.68. The SMILES string of the molecule is CCCCc1c(C)nc2ccc(OC)cc2c1SCCc1ccccc1.Cl. The third-order valence-corrected chi connectivity index (χ3v) is 5.87. The van der Waals surface area contributed by atoms with Gasteiger partial charge >= 0.3 is 0 Å². The quantitative estimate of drug-likeness (QED) is 0.394. The van der Waals surface area contributed by atoms with Crippen molar-refractivity contribution in [1.29, 1.82) is 0 Å². The number of aryl methyl sites for hydroxylation is 2. The predicted octanol–water partition coefficient (Wildman–Crippen LogP) is 6.65. The summed E-state index contributed by atoms with van der Waals surface area (Å²) in [6.45, 7) is 4.39. The van der Waals surface area contributed by atoms with Gasteiger partial charge in [0.2, 0.25) is 0 Å². The molecule has 0 bridgehead atoms. The van der Waals surface area contributed by atoms with Gasteiger partial charge in [0.1, 0.15) is 5.75 Å². The first-order valence-corrected chi connectivity index (χ1v) is 10.4. The molecule has 4 heteroatoms. The van der Waals surface area contributed by atoms with Crippen molar-refractivity contribution in [2.75, 3.05) is 12.9 Å². The van der Waals surface area contributed by atoms with Gasteiger partial charge in [0.25, 0.3) is 0 Å². The fourth-order valence-corrected chi connectivity index (χ4v) is 4.51. The van der Waals surface area contributed by atoms with Crippen molar-refractivity contribution in [1.82, 2.24) is 4.98 Å². The van der Waals surface area contributed by atoms with E-state index in [4.69, 9.17) is 9.72 Å². The molecule has 0 radical (unpaired) electrons. The molecule has 0 amide bonds. The Labute approximate surface area is 173 Å². The number of pyridine rings is 1. The van der Waals surface area contributed by atoms with E-state index in [2.05, 4.69) is 56.3 Å². The molecular formula is C23H28ClNOS. The van der Waals surface area contributed by atoms with Gasteiger partial charge in [-0.15, -0.1) is 24.2 Å². The van der Waals surface area contributed by atoms with Crippen molar-refractivity contribution in [3.8, 4) is 5.75 Å². The van der Waals surface area contributed by atoms with Crippen LogP contribution in [0.1, 0.15) is 36.6 Å². The number of halogens is 1. The molecule has 144 valence electrons. The van der Waals surface area contributed by atoms with Crippen molar-refractivity contribution in [2.24, 2.45) is 0 Å². The number of rotatable bonds is 8. The van der Waals surface area contributed by atoms with Crippen LogP contribution in [0.25, 0.3) is 10.9 Å². The molecule has 1 aromatic heterocycles. The van der Waals surface area contributed by atoms with Crippen molar-refractivity contribution in [3.63, 3.8) is 0 Å². The Morgan fingerprint density at radius 3 is 2.52 bits per heavy atom. The Hall–Kier alpha value is -1.71. The minimum absolute atomic E-state index is 0. The molecule has 0 aliphatic heterocycles. The van der Waals surface area contributed by atoms with Gasteiger partial charge in [-0.1, -0.05) is 43.7 Å². The summed E-state index contributed by atoms with van der Waals surface area (Å²) < 4.78 is 5.47. The van der Waals surface area contributed by atoms with Crippen molar-refractivity contribution >= 4 is 35.1 Å². The second-order valence-electron chi connectivity index (χ2n) is 6.58. The van der Waals surface area contributed by atoms with Crippen LogP contribution in [-0.2, 0) is 12.8 Å². The summed E-state index contributed by atoms with van der Waals surface area (Å²) in [6.07, 6.45) is 4.57. The first-order valence-electron chi connectivity index (χ1n) is 9.37. The number of fused-ring (bicyclic) bond motifs is 1.